The van der Waals surface area contributed by atoms with Crippen molar-refractivity contribution in [2.24, 2.45) is 11.5 Å². The Morgan fingerprint density at radius 2 is 1.73 bits per heavy atom. The molecule has 1 rings (SSSR count). The predicted octanol–water partition coefficient (Wildman–Crippen LogP) is 1.66. The molecule has 0 amide bonds. The van der Waals surface area contributed by atoms with Crippen molar-refractivity contribution in [2.75, 3.05) is 7.11 Å². The average Bonchev–Trinajstić information content (AvgIpc) is 2.21. The molecule has 2 atom stereocenters. The van der Waals surface area contributed by atoms with Crippen LogP contribution in [0.2, 0.25) is 0 Å². The molecule has 2 unspecified atom stereocenters. The molecule has 1 aromatic carbocycles. The van der Waals surface area contributed by atoms with Gasteiger partial charge in [0.2, 0.25) is 0 Å². The van der Waals surface area contributed by atoms with E-state index in [1.165, 1.54) is 5.56 Å². The maximum absolute atomic E-state index is 6.03. The van der Waals surface area contributed by atoms with Gasteiger partial charge in [-0.05, 0) is 43.5 Å². The number of hydrogen-bond donors (Lipinski definition) is 2. The molecule has 84 valence electrons. The van der Waals surface area contributed by atoms with E-state index in [0.29, 0.717) is 0 Å². The fraction of sp³-hybridized carbons (Fsp3) is 0.500. The Bertz CT molecular complexity index is 348. The van der Waals surface area contributed by atoms with Crippen molar-refractivity contribution in [2.45, 2.75) is 32.9 Å². The highest BCUT2D eigenvalue weighted by molar-refractivity contribution is 5.45. The summed E-state index contributed by atoms with van der Waals surface area (Å²) in [4.78, 5) is 0. The number of hydrogen-bond acceptors (Lipinski definition) is 3. The lowest BCUT2D eigenvalue weighted by atomic mass is 9.94. The van der Waals surface area contributed by atoms with Gasteiger partial charge in [0.1, 0.15) is 5.75 Å². The molecule has 4 N–H and O–H groups in total. The SMILES string of the molecule is COc1ccc(C(N)C(C)N)c(C)c1C. The molecule has 0 heterocycles. The van der Waals surface area contributed by atoms with Crippen LogP contribution in [0, 0.1) is 13.8 Å². The van der Waals surface area contributed by atoms with E-state index < -0.39 is 0 Å². The van der Waals surface area contributed by atoms with Crippen LogP contribution >= 0.6 is 0 Å². The van der Waals surface area contributed by atoms with Crippen LogP contribution in [-0.4, -0.2) is 13.2 Å². The van der Waals surface area contributed by atoms with Gasteiger partial charge in [-0.1, -0.05) is 6.07 Å². The van der Waals surface area contributed by atoms with E-state index in [1.54, 1.807) is 7.11 Å². The molecule has 15 heavy (non-hydrogen) atoms. The second-order valence-corrected chi connectivity index (χ2v) is 3.99. The molecule has 0 saturated carbocycles. The van der Waals surface area contributed by atoms with Crippen LogP contribution in [0.1, 0.15) is 29.7 Å². The summed E-state index contributed by atoms with van der Waals surface area (Å²) < 4.78 is 5.25. The highest BCUT2D eigenvalue weighted by Crippen LogP contribution is 2.27. The fourth-order valence-electron chi connectivity index (χ4n) is 1.68. The van der Waals surface area contributed by atoms with Crippen molar-refractivity contribution < 1.29 is 4.74 Å². The summed E-state index contributed by atoms with van der Waals surface area (Å²) in [5, 5.41) is 0. The second kappa shape index (κ2) is 4.64. The highest BCUT2D eigenvalue weighted by Gasteiger charge is 2.15. The van der Waals surface area contributed by atoms with Crippen LogP contribution in [-0.2, 0) is 0 Å². The first-order chi connectivity index (χ1) is 6.99. The monoisotopic (exact) mass is 208 g/mol. The van der Waals surface area contributed by atoms with Gasteiger partial charge in [-0.25, -0.2) is 0 Å². The zero-order valence-corrected chi connectivity index (χ0v) is 9.87. The van der Waals surface area contributed by atoms with E-state index >= 15 is 0 Å². The van der Waals surface area contributed by atoms with E-state index in [-0.39, 0.29) is 12.1 Å². The van der Waals surface area contributed by atoms with E-state index in [2.05, 4.69) is 6.92 Å². The molecule has 0 fully saturated rings. The lowest BCUT2D eigenvalue weighted by molar-refractivity contribution is 0.410. The van der Waals surface area contributed by atoms with Crippen molar-refractivity contribution >= 4 is 0 Å². The van der Waals surface area contributed by atoms with E-state index in [4.69, 9.17) is 16.2 Å². The minimum Gasteiger partial charge on any atom is -0.496 e. The van der Waals surface area contributed by atoms with Crippen molar-refractivity contribution in [3.63, 3.8) is 0 Å². The Hall–Kier alpha value is -1.06. The molecular weight excluding hydrogens is 188 g/mol. The van der Waals surface area contributed by atoms with Gasteiger partial charge in [-0.2, -0.15) is 0 Å². The predicted molar refractivity (Wildman–Crippen MR) is 63.0 cm³/mol. The number of rotatable bonds is 3. The summed E-state index contributed by atoms with van der Waals surface area (Å²) in [5.41, 5.74) is 15.2. The third-order valence-electron chi connectivity index (χ3n) is 2.92. The number of benzene rings is 1. The van der Waals surface area contributed by atoms with Crippen molar-refractivity contribution in [3.8, 4) is 5.75 Å². The zero-order chi connectivity index (χ0) is 11.6. The molecule has 1 aromatic rings. The van der Waals surface area contributed by atoms with E-state index in [1.807, 2.05) is 26.0 Å². The summed E-state index contributed by atoms with van der Waals surface area (Å²) in [6.45, 7) is 6.00. The number of nitrogens with two attached hydrogens (primary N) is 2. The normalized spacial score (nSPS) is 14.8. The van der Waals surface area contributed by atoms with E-state index in [9.17, 15) is 0 Å². The standard InChI is InChI=1S/C12H20N2O/c1-7-8(2)11(15-4)6-5-10(7)12(14)9(3)13/h5-6,9,12H,13-14H2,1-4H3. The van der Waals surface area contributed by atoms with E-state index in [0.717, 1.165) is 16.9 Å². The third kappa shape index (κ3) is 2.30. The Labute approximate surface area is 91.4 Å². The summed E-state index contributed by atoms with van der Waals surface area (Å²) in [5.74, 6) is 0.896. The summed E-state index contributed by atoms with van der Waals surface area (Å²) in [6, 6.07) is 3.78. The lowest BCUT2D eigenvalue weighted by Crippen LogP contribution is -2.31. The number of methoxy groups -OCH3 is 1. The molecule has 3 nitrogen and oxygen atoms in total. The molecule has 3 heteroatoms. The minimum atomic E-state index is -0.116. The molecule has 0 spiro atoms. The smallest absolute Gasteiger partial charge is 0.122 e. The zero-order valence-electron chi connectivity index (χ0n) is 9.87. The summed E-state index contributed by atoms with van der Waals surface area (Å²) >= 11 is 0. The van der Waals surface area contributed by atoms with Gasteiger partial charge < -0.3 is 16.2 Å². The first-order valence-corrected chi connectivity index (χ1v) is 5.14. The quantitative estimate of drug-likeness (QED) is 0.794. The van der Waals surface area contributed by atoms with Crippen molar-refractivity contribution in [1.82, 2.24) is 0 Å². The molecule has 0 radical (unpaired) electrons. The Kier molecular flexibility index (Phi) is 3.72. The maximum Gasteiger partial charge on any atom is 0.122 e. The van der Waals surface area contributed by atoms with Gasteiger partial charge in [0.05, 0.1) is 7.11 Å². The first kappa shape index (κ1) is 12.0. The topological polar surface area (TPSA) is 61.3 Å². The van der Waals surface area contributed by atoms with Crippen LogP contribution in [0.3, 0.4) is 0 Å². The molecular formula is C12H20N2O. The van der Waals surface area contributed by atoms with Gasteiger partial charge in [0.25, 0.3) is 0 Å². The Morgan fingerprint density at radius 1 is 1.13 bits per heavy atom. The lowest BCUT2D eigenvalue weighted by Gasteiger charge is -2.20. The fourth-order valence-corrected chi connectivity index (χ4v) is 1.68. The molecule has 0 aliphatic heterocycles. The number of ether oxygens (including phenoxy) is 1. The largest absolute Gasteiger partial charge is 0.496 e. The van der Waals surface area contributed by atoms with Crippen LogP contribution < -0.4 is 16.2 Å². The Morgan fingerprint density at radius 3 is 2.20 bits per heavy atom. The van der Waals surface area contributed by atoms with Crippen LogP contribution in [0.15, 0.2) is 12.1 Å². The second-order valence-electron chi connectivity index (χ2n) is 3.99. The van der Waals surface area contributed by atoms with Crippen molar-refractivity contribution in [1.29, 1.82) is 0 Å². The van der Waals surface area contributed by atoms with Gasteiger partial charge in [0, 0.05) is 12.1 Å². The molecule has 0 aliphatic rings. The summed E-state index contributed by atoms with van der Waals surface area (Å²) in [6.07, 6.45) is 0. The van der Waals surface area contributed by atoms with Gasteiger partial charge in [-0.3, -0.25) is 0 Å². The van der Waals surface area contributed by atoms with Gasteiger partial charge >= 0.3 is 0 Å². The average molecular weight is 208 g/mol. The molecule has 0 aromatic heterocycles. The first-order valence-electron chi connectivity index (χ1n) is 5.14. The maximum atomic E-state index is 6.03. The molecule has 0 aliphatic carbocycles. The Balaban J connectivity index is 3.17. The summed E-state index contributed by atoms with van der Waals surface area (Å²) in [7, 11) is 1.67. The van der Waals surface area contributed by atoms with Crippen molar-refractivity contribution in [3.05, 3.63) is 28.8 Å². The minimum absolute atomic E-state index is 0.0449. The third-order valence-corrected chi connectivity index (χ3v) is 2.92. The van der Waals surface area contributed by atoms with Crippen LogP contribution in [0.5, 0.6) is 5.75 Å². The molecule has 0 saturated heterocycles. The molecule has 0 bridgehead atoms. The highest BCUT2D eigenvalue weighted by atomic mass is 16.5. The van der Waals surface area contributed by atoms with Gasteiger partial charge in [-0.15, -0.1) is 0 Å². The van der Waals surface area contributed by atoms with Crippen LogP contribution in [0.25, 0.3) is 0 Å². The van der Waals surface area contributed by atoms with Crippen LogP contribution in [0.4, 0.5) is 0 Å². The van der Waals surface area contributed by atoms with Gasteiger partial charge in [0.15, 0.2) is 0 Å².